The Balaban J connectivity index is 2.13. The number of alkyl halides is 1. The van der Waals surface area contributed by atoms with Crippen LogP contribution in [0, 0.1) is 0 Å². The highest BCUT2D eigenvalue weighted by Crippen LogP contribution is 2.25. The maximum absolute atomic E-state index is 12.5. The van der Waals surface area contributed by atoms with Gasteiger partial charge in [-0.25, -0.2) is 14.2 Å². The summed E-state index contributed by atoms with van der Waals surface area (Å²) in [7, 11) is 0. The van der Waals surface area contributed by atoms with Gasteiger partial charge in [-0.15, -0.1) is 11.3 Å². The first-order valence-electron chi connectivity index (χ1n) is 7.08. The summed E-state index contributed by atoms with van der Waals surface area (Å²) < 4.78 is 12.5. The van der Waals surface area contributed by atoms with Crippen molar-refractivity contribution in [2.75, 3.05) is 6.67 Å². The van der Waals surface area contributed by atoms with E-state index in [1.165, 1.54) is 22.3 Å². The number of carboxylic acids is 1. The van der Waals surface area contributed by atoms with E-state index in [4.69, 9.17) is 5.11 Å². The average Bonchev–Trinajstić information content (AvgIpc) is 3.02. The number of hydrogen-bond acceptors (Lipinski definition) is 4. The van der Waals surface area contributed by atoms with E-state index in [1.54, 1.807) is 0 Å². The molecule has 0 spiro atoms. The van der Waals surface area contributed by atoms with Gasteiger partial charge in [-0.1, -0.05) is 38.1 Å². The van der Waals surface area contributed by atoms with Crippen LogP contribution in [0.2, 0.25) is 0 Å². The number of thiazole rings is 1. The molecule has 0 saturated carbocycles. The topological polar surface area (TPSA) is 79.3 Å². The second kappa shape index (κ2) is 7.32. The number of aliphatic carboxylic acids is 1. The third-order valence-electron chi connectivity index (χ3n) is 3.32. The zero-order valence-corrected chi connectivity index (χ0v) is 13.6. The van der Waals surface area contributed by atoms with Gasteiger partial charge in [0.1, 0.15) is 17.4 Å². The fourth-order valence-corrected chi connectivity index (χ4v) is 2.73. The summed E-state index contributed by atoms with van der Waals surface area (Å²) in [6.07, 6.45) is 0. The van der Waals surface area contributed by atoms with Crippen LogP contribution in [0.3, 0.4) is 0 Å². The number of carbonyl (C=O) groups is 2. The third-order valence-corrected chi connectivity index (χ3v) is 4.21. The zero-order chi connectivity index (χ0) is 17.0. The van der Waals surface area contributed by atoms with Crippen molar-refractivity contribution in [3.05, 3.63) is 40.9 Å². The molecule has 122 valence electrons. The summed E-state index contributed by atoms with van der Waals surface area (Å²) in [6.45, 7) is 3.03. The summed E-state index contributed by atoms with van der Waals surface area (Å²) in [5.41, 5.74) is 2.16. The number of carboxylic acid groups (broad SMARTS) is 1. The van der Waals surface area contributed by atoms with Gasteiger partial charge in [0.2, 0.25) is 0 Å². The van der Waals surface area contributed by atoms with Gasteiger partial charge in [-0.05, 0) is 11.5 Å². The van der Waals surface area contributed by atoms with Crippen LogP contribution in [-0.2, 0) is 4.79 Å². The number of rotatable bonds is 6. The van der Waals surface area contributed by atoms with Crippen LogP contribution in [-0.4, -0.2) is 34.7 Å². The maximum Gasteiger partial charge on any atom is 0.328 e. The number of amides is 1. The van der Waals surface area contributed by atoms with Crippen LogP contribution in [0.15, 0.2) is 29.6 Å². The quantitative estimate of drug-likeness (QED) is 0.849. The number of carbonyl (C=O) groups excluding carboxylic acids is 1. The molecule has 1 atom stereocenters. The molecule has 7 heteroatoms. The molecule has 0 bridgehead atoms. The van der Waals surface area contributed by atoms with Gasteiger partial charge in [0.15, 0.2) is 6.04 Å². The minimum atomic E-state index is -1.56. The smallest absolute Gasteiger partial charge is 0.328 e. The molecule has 0 fully saturated rings. The van der Waals surface area contributed by atoms with E-state index in [0.29, 0.717) is 10.9 Å². The highest BCUT2D eigenvalue weighted by Gasteiger charge is 2.22. The zero-order valence-electron chi connectivity index (χ0n) is 12.7. The summed E-state index contributed by atoms with van der Waals surface area (Å²) in [4.78, 5) is 26.8. The predicted octanol–water partition coefficient (Wildman–Crippen LogP) is 3.09. The van der Waals surface area contributed by atoms with Crippen molar-refractivity contribution in [3.8, 4) is 10.6 Å². The Labute approximate surface area is 137 Å². The van der Waals surface area contributed by atoms with Crippen LogP contribution in [0.5, 0.6) is 0 Å². The molecule has 1 unspecified atom stereocenters. The van der Waals surface area contributed by atoms with Crippen LogP contribution in [0.1, 0.15) is 35.8 Å². The van der Waals surface area contributed by atoms with Crippen molar-refractivity contribution in [1.29, 1.82) is 0 Å². The molecule has 23 heavy (non-hydrogen) atoms. The fourth-order valence-electron chi connectivity index (χ4n) is 1.92. The Morgan fingerprint density at radius 1 is 1.30 bits per heavy atom. The second-order valence-electron chi connectivity index (χ2n) is 5.33. The number of halogens is 1. The van der Waals surface area contributed by atoms with Crippen LogP contribution >= 0.6 is 11.3 Å². The second-order valence-corrected chi connectivity index (χ2v) is 6.19. The van der Waals surface area contributed by atoms with Crippen LogP contribution in [0.4, 0.5) is 4.39 Å². The van der Waals surface area contributed by atoms with Crippen molar-refractivity contribution < 1.29 is 19.1 Å². The van der Waals surface area contributed by atoms with E-state index < -0.39 is 24.6 Å². The number of benzene rings is 1. The maximum atomic E-state index is 12.5. The lowest BCUT2D eigenvalue weighted by Gasteiger charge is -2.08. The summed E-state index contributed by atoms with van der Waals surface area (Å²) in [5.74, 6) is -1.69. The molecule has 0 aliphatic heterocycles. The van der Waals surface area contributed by atoms with Gasteiger partial charge in [0.25, 0.3) is 5.91 Å². The molecule has 0 aliphatic carbocycles. The van der Waals surface area contributed by atoms with Crippen molar-refractivity contribution in [2.24, 2.45) is 0 Å². The van der Waals surface area contributed by atoms with E-state index in [0.717, 1.165) is 5.56 Å². The molecular weight excluding hydrogens is 319 g/mol. The van der Waals surface area contributed by atoms with E-state index in [2.05, 4.69) is 24.1 Å². The normalized spacial score (nSPS) is 12.2. The molecule has 2 rings (SSSR count). The molecule has 1 heterocycles. The van der Waals surface area contributed by atoms with E-state index in [1.807, 2.05) is 24.3 Å². The monoisotopic (exact) mass is 336 g/mol. The summed E-state index contributed by atoms with van der Waals surface area (Å²) in [6, 6.07) is 6.31. The fraction of sp³-hybridized carbons (Fsp3) is 0.312. The Morgan fingerprint density at radius 2 is 1.96 bits per heavy atom. The van der Waals surface area contributed by atoms with Gasteiger partial charge in [-0.2, -0.15) is 0 Å². The number of nitrogens with zero attached hydrogens (tertiary/aromatic N) is 1. The largest absolute Gasteiger partial charge is 0.480 e. The highest BCUT2D eigenvalue weighted by molar-refractivity contribution is 7.13. The van der Waals surface area contributed by atoms with Gasteiger partial charge < -0.3 is 10.4 Å². The highest BCUT2D eigenvalue weighted by atomic mass is 32.1. The molecular formula is C16H17FN2O3S. The lowest BCUT2D eigenvalue weighted by molar-refractivity contribution is -0.139. The molecule has 1 amide bonds. The first kappa shape index (κ1) is 17.1. The molecule has 1 aromatic heterocycles. The molecule has 0 aliphatic rings. The standard InChI is InChI=1S/C16H17FN2O3S/c1-9(2)10-3-5-11(6-4-10)15-19-13(8-23-15)14(20)18-12(7-17)16(21)22/h3-6,8-9,12H,7H2,1-2H3,(H,18,20)(H,21,22). The van der Waals surface area contributed by atoms with Crippen molar-refractivity contribution in [3.63, 3.8) is 0 Å². The van der Waals surface area contributed by atoms with Crippen molar-refractivity contribution in [1.82, 2.24) is 10.3 Å². The Kier molecular flexibility index (Phi) is 5.44. The minimum Gasteiger partial charge on any atom is -0.480 e. The SMILES string of the molecule is CC(C)c1ccc(-c2nc(C(=O)NC(CF)C(=O)O)cs2)cc1. The molecule has 2 aromatic rings. The lowest BCUT2D eigenvalue weighted by atomic mass is 10.0. The summed E-state index contributed by atoms with van der Waals surface area (Å²) >= 11 is 1.28. The van der Waals surface area contributed by atoms with E-state index in [9.17, 15) is 14.0 Å². The van der Waals surface area contributed by atoms with Crippen LogP contribution < -0.4 is 5.32 Å². The lowest BCUT2D eigenvalue weighted by Crippen LogP contribution is -2.42. The van der Waals surface area contributed by atoms with Crippen molar-refractivity contribution in [2.45, 2.75) is 25.8 Å². The van der Waals surface area contributed by atoms with Gasteiger partial charge in [0.05, 0.1) is 0 Å². The average molecular weight is 336 g/mol. The van der Waals surface area contributed by atoms with E-state index in [-0.39, 0.29) is 5.69 Å². The number of nitrogens with one attached hydrogen (secondary N) is 1. The number of aromatic nitrogens is 1. The number of hydrogen-bond donors (Lipinski definition) is 2. The Morgan fingerprint density at radius 3 is 2.48 bits per heavy atom. The van der Waals surface area contributed by atoms with Gasteiger partial charge >= 0.3 is 5.97 Å². The Hall–Kier alpha value is -2.28. The molecule has 2 N–H and O–H groups in total. The minimum absolute atomic E-state index is 0.0811. The molecule has 0 radical (unpaired) electrons. The first-order chi connectivity index (χ1) is 10.9. The molecule has 0 saturated heterocycles. The summed E-state index contributed by atoms with van der Waals surface area (Å²) in [5, 5.41) is 13.0. The third kappa shape index (κ3) is 4.13. The van der Waals surface area contributed by atoms with E-state index >= 15 is 0 Å². The predicted molar refractivity (Wildman–Crippen MR) is 86.5 cm³/mol. The van der Waals surface area contributed by atoms with Crippen LogP contribution in [0.25, 0.3) is 10.6 Å². The van der Waals surface area contributed by atoms with Gasteiger partial charge in [0, 0.05) is 10.9 Å². The molecule has 1 aromatic carbocycles. The first-order valence-corrected chi connectivity index (χ1v) is 7.95. The van der Waals surface area contributed by atoms with Crippen molar-refractivity contribution >= 4 is 23.2 Å². The van der Waals surface area contributed by atoms with Gasteiger partial charge in [-0.3, -0.25) is 4.79 Å². The Bertz CT molecular complexity index is 698. The molecule has 5 nitrogen and oxygen atoms in total.